The summed E-state index contributed by atoms with van der Waals surface area (Å²) in [7, 11) is 0. The number of fused-ring (bicyclic) bond motifs is 5. The van der Waals surface area contributed by atoms with E-state index in [0.717, 1.165) is 32.1 Å². The van der Waals surface area contributed by atoms with Crippen molar-refractivity contribution in [2.75, 3.05) is 0 Å². The fourth-order valence-electron chi connectivity index (χ4n) is 7.37. The number of primary amides is 1. The van der Waals surface area contributed by atoms with Crippen LogP contribution in [0.25, 0.3) is 0 Å². The molecule has 4 heteroatoms. The molecule has 4 rings (SSSR count). The van der Waals surface area contributed by atoms with Crippen LogP contribution >= 0.6 is 0 Å². The lowest BCUT2D eigenvalue weighted by Gasteiger charge is -2.60. The van der Waals surface area contributed by atoms with Crippen molar-refractivity contribution >= 4 is 11.8 Å². The van der Waals surface area contributed by atoms with Crippen LogP contribution in [-0.2, 0) is 9.59 Å². The minimum atomic E-state index is -0.0977. The topological polar surface area (TPSA) is 72.2 Å². The van der Waals surface area contributed by atoms with Gasteiger partial charge in [0.1, 0.15) is 0 Å². The highest BCUT2D eigenvalue weighted by Crippen LogP contribution is 2.66. The summed E-state index contributed by atoms with van der Waals surface area (Å²) in [6.07, 6.45) is 9.32. The van der Waals surface area contributed by atoms with Gasteiger partial charge in [0, 0.05) is 12.3 Å². The third-order valence-electron chi connectivity index (χ3n) is 8.70. The second-order valence-electron chi connectivity index (χ2n) is 9.53. The normalized spacial score (nSPS) is 50.6. The van der Waals surface area contributed by atoms with Gasteiger partial charge in [0.05, 0.1) is 6.04 Å². The van der Waals surface area contributed by atoms with Crippen LogP contribution in [0.4, 0.5) is 0 Å². The molecule has 3 saturated carbocycles. The van der Waals surface area contributed by atoms with Crippen LogP contribution in [0.3, 0.4) is 0 Å². The first-order valence-electron chi connectivity index (χ1n) is 10.0. The highest BCUT2D eigenvalue weighted by Gasteiger charge is 2.62. The summed E-state index contributed by atoms with van der Waals surface area (Å²) in [5, 5.41) is 3.31. The summed E-state index contributed by atoms with van der Waals surface area (Å²) in [5.74, 6) is 2.02. The number of nitrogens with one attached hydrogen (secondary N) is 1. The molecule has 3 aliphatic carbocycles. The zero-order chi connectivity index (χ0) is 18.0. The Morgan fingerprint density at radius 2 is 1.88 bits per heavy atom. The first kappa shape index (κ1) is 17.1. The Morgan fingerprint density at radius 1 is 1.16 bits per heavy atom. The Hall–Kier alpha value is -1.32. The molecule has 0 aromatic heterocycles. The highest BCUT2D eigenvalue weighted by molar-refractivity contribution is 5.78. The van der Waals surface area contributed by atoms with Crippen LogP contribution in [0.5, 0.6) is 0 Å². The molecule has 4 nitrogen and oxygen atoms in total. The Kier molecular flexibility index (Phi) is 3.82. The molecule has 4 fully saturated rings. The van der Waals surface area contributed by atoms with Gasteiger partial charge in [-0.2, -0.15) is 0 Å². The van der Waals surface area contributed by atoms with Gasteiger partial charge in [0.25, 0.3) is 0 Å². The van der Waals surface area contributed by atoms with Gasteiger partial charge in [-0.1, -0.05) is 25.5 Å². The fraction of sp³-hybridized carbons (Fsp3) is 0.810. The Bertz CT molecular complexity index is 642. The van der Waals surface area contributed by atoms with Gasteiger partial charge < -0.3 is 11.1 Å². The van der Waals surface area contributed by atoms with Crippen molar-refractivity contribution in [3.8, 4) is 0 Å². The first-order chi connectivity index (χ1) is 11.8. The van der Waals surface area contributed by atoms with E-state index in [1.165, 1.54) is 12.0 Å². The van der Waals surface area contributed by atoms with Gasteiger partial charge in [0.15, 0.2) is 0 Å². The predicted molar refractivity (Wildman–Crippen MR) is 97.4 cm³/mol. The van der Waals surface area contributed by atoms with Crippen LogP contribution in [0.15, 0.2) is 11.6 Å². The summed E-state index contributed by atoms with van der Waals surface area (Å²) in [6.45, 7) is 6.84. The molecule has 4 aliphatic rings. The fourth-order valence-corrected chi connectivity index (χ4v) is 7.37. The first-order valence-corrected chi connectivity index (χ1v) is 10.0. The second-order valence-corrected chi connectivity index (χ2v) is 9.53. The molecule has 1 saturated heterocycles. The van der Waals surface area contributed by atoms with Crippen molar-refractivity contribution < 1.29 is 9.59 Å². The van der Waals surface area contributed by atoms with Crippen molar-refractivity contribution in [3.63, 3.8) is 0 Å². The van der Waals surface area contributed by atoms with Crippen LogP contribution in [0.2, 0.25) is 0 Å². The smallest absolute Gasteiger partial charge is 0.221 e. The van der Waals surface area contributed by atoms with Crippen LogP contribution in [0, 0.1) is 34.5 Å². The van der Waals surface area contributed by atoms with E-state index in [0.29, 0.717) is 24.2 Å². The Morgan fingerprint density at radius 3 is 2.56 bits per heavy atom. The molecule has 3 N–H and O–H groups in total. The molecule has 25 heavy (non-hydrogen) atoms. The summed E-state index contributed by atoms with van der Waals surface area (Å²) in [5.41, 5.74) is 7.40. The zero-order valence-corrected chi connectivity index (χ0v) is 15.8. The summed E-state index contributed by atoms with van der Waals surface area (Å²) < 4.78 is 0. The molecule has 2 unspecified atom stereocenters. The van der Waals surface area contributed by atoms with Crippen LogP contribution < -0.4 is 11.1 Å². The van der Waals surface area contributed by atoms with Crippen molar-refractivity contribution in [3.05, 3.63) is 11.6 Å². The predicted octanol–water partition coefficient (Wildman–Crippen LogP) is 3.17. The largest absolute Gasteiger partial charge is 0.369 e. The minimum absolute atomic E-state index is 0.0455. The van der Waals surface area contributed by atoms with Crippen LogP contribution in [-0.4, -0.2) is 17.9 Å². The number of rotatable bonds is 1. The van der Waals surface area contributed by atoms with E-state index >= 15 is 0 Å². The lowest BCUT2D eigenvalue weighted by molar-refractivity contribution is -0.136. The molecular weight excluding hydrogens is 312 g/mol. The average molecular weight is 344 g/mol. The van der Waals surface area contributed by atoms with E-state index in [1.54, 1.807) is 0 Å². The van der Waals surface area contributed by atoms with E-state index in [9.17, 15) is 9.59 Å². The number of hydrogen-bond donors (Lipinski definition) is 2. The number of amides is 2. The van der Waals surface area contributed by atoms with E-state index in [2.05, 4.69) is 32.2 Å². The zero-order valence-electron chi connectivity index (χ0n) is 15.8. The summed E-state index contributed by atoms with van der Waals surface area (Å²) in [6, 6.07) is 0.206. The molecule has 1 aliphatic heterocycles. The van der Waals surface area contributed by atoms with Crippen molar-refractivity contribution in [1.82, 2.24) is 5.32 Å². The molecule has 138 valence electrons. The van der Waals surface area contributed by atoms with E-state index in [1.807, 2.05) is 0 Å². The lowest BCUT2D eigenvalue weighted by Crippen LogP contribution is -2.62. The van der Waals surface area contributed by atoms with Gasteiger partial charge in [-0.15, -0.1) is 0 Å². The molecule has 0 spiro atoms. The lowest BCUT2D eigenvalue weighted by atomic mass is 9.46. The molecule has 0 aromatic carbocycles. The molecule has 7 atom stereocenters. The molecule has 1 heterocycles. The van der Waals surface area contributed by atoms with Gasteiger partial charge in [-0.3, -0.25) is 9.59 Å². The molecule has 2 amide bonds. The van der Waals surface area contributed by atoms with Crippen molar-refractivity contribution in [1.29, 1.82) is 0 Å². The van der Waals surface area contributed by atoms with E-state index in [-0.39, 0.29) is 34.6 Å². The number of piperidine rings is 1. The van der Waals surface area contributed by atoms with Gasteiger partial charge in [-0.05, 0) is 74.0 Å². The number of nitrogens with two attached hydrogens (primary N) is 1. The van der Waals surface area contributed by atoms with Crippen LogP contribution in [0.1, 0.15) is 65.7 Å². The third kappa shape index (κ3) is 2.25. The maximum absolute atomic E-state index is 12.0. The molecule has 0 radical (unpaired) electrons. The number of carbonyl (C=O) groups is 2. The monoisotopic (exact) mass is 344 g/mol. The van der Waals surface area contributed by atoms with Crippen molar-refractivity contribution in [2.24, 2.45) is 40.2 Å². The molecular formula is C21H32N2O2. The number of carbonyl (C=O) groups excluding carboxylic acids is 2. The third-order valence-corrected chi connectivity index (χ3v) is 8.70. The maximum Gasteiger partial charge on any atom is 0.221 e. The van der Waals surface area contributed by atoms with Gasteiger partial charge in [-0.25, -0.2) is 0 Å². The maximum atomic E-state index is 12.0. The minimum Gasteiger partial charge on any atom is -0.369 e. The Labute approximate surface area is 151 Å². The number of allylic oxidation sites excluding steroid dienone is 1. The van der Waals surface area contributed by atoms with Crippen molar-refractivity contribution in [2.45, 2.75) is 71.8 Å². The molecule has 0 bridgehead atoms. The molecule has 0 aromatic rings. The summed E-state index contributed by atoms with van der Waals surface area (Å²) >= 11 is 0. The second kappa shape index (κ2) is 5.59. The summed E-state index contributed by atoms with van der Waals surface area (Å²) in [4.78, 5) is 24.1. The van der Waals surface area contributed by atoms with E-state index in [4.69, 9.17) is 5.73 Å². The quantitative estimate of drug-likeness (QED) is 0.717. The highest BCUT2D eigenvalue weighted by atomic mass is 16.2. The van der Waals surface area contributed by atoms with E-state index < -0.39 is 0 Å². The Balaban J connectivity index is 1.71. The average Bonchev–Trinajstić information content (AvgIpc) is 2.92. The van der Waals surface area contributed by atoms with Gasteiger partial charge >= 0.3 is 0 Å². The van der Waals surface area contributed by atoms with Gasteiger partial charge in [0.2, 0.25) is 11.8 Å². The number of hydrogen-bond acceptors (Lipinski definition) is 2. The SMILES string of the molecule is CC=C1C[C@@H]2[C@@H](CC[C@]3(C)C(C(N)=O)CC[C@@H]23)[C@@]2(C)CCC(=O)NC12. The standard InChI is InChI=1S/C21H32N2O2/c1-4-12-11-13-14-5-6-16(19(22)25)20(14,2)9-7-15(13)21(3)10-8-17(24)23-18(12)21/h4,13-16,18H,5-11H2,1-3H3,(H2,22,25)(H,23,24)/t13-,14-,15+,16?,18?,20-,21+/m0/s1.